The van der Waals surface area contributed by atoms with Crippen LogP contribution in [-0.4, -0.2) is 11.1 Å². The Hall–Kier alpha value is -0.830. The maximum atomic E-state index is 10.7. The first-order chi connectivity index (χ1) is 5.74. The van der Waals surface area contributed by atoms with Crippen molar-refractivity contribution >= 4 is 5.91 Å². The van der Waals surface area contributed by atoms with Gasteiger partial charge in [-0.25, -0.2) is 5.48 Å². The van der Waals surface area contributed by atoms with Crippen LogP contribution in [0, 0.1) is 0 Å². The third-order valence-electron chi connectivity index (χ3n) is 1.69. The van der Waals surface area contributed by atoms with Gasteiger partial charge in [-0.05, 0) is 12.8 Å². The van der Waals surface area contributed by atoms with Gasteiger partial charge in [0, 0.05) is 6.42 Å². The lowest BCUT2D eigenvalue weighted by Gasteiger charge is -2.02. The third-order valence-corrected chi connectivity index (χ3v) is 1.69. The van der Waals surface area contributed by atoms with Crippen molar-refractivity contribution in [1.82, 2.24) is 5.48 Å². The second-order valence-corrected chi connectivity index (χ2v) is 2.72. The molecular formula is C9H17NO2. The zero-order valence-corrected chi connectivity index (χ0v) is 7.76. The number of carbonyl (C=O) groups excluding carboxylic acids is 1. The highest BCUT2D eigenvalue weighted by atomic mass is 16.5. The Labute approximate surface area is 73.4 Å². The molecule has 3 nitrogen and oxygen atoms in total. The predicted octanol–water partition coefficient (Wildman–Crippen LogP) is 2.02. The fourth-order valence-corrected chi connectivity index (χ4v) is 0.936. The Balaban J connectivity index is 3.89. The molecule has 0 fully saturated rings. The smallest absolute Gasteiger partial charge is 0.247 e. The molecule has 70 valence electrons. The Morgan fingerprint density at radius 1 is 1.50 bits per heavy atom. The van der Waals surface area contributed by atoms with Gasteiger partial charge in [-0.1, -0.05) is 31.9 Å². The van der Waals surface area contributed by atoms with Crippen LogP contribution in [0.3, 0.4) is 0 Å². The number of carbonyl (C=O) groups is 1. The first-order valence-electron chi connectivity index (χ1n) is 4.35. The summed E-state index contributed by atoms with van der Waals surface area (Å²) in [5.74, 6) is -0.334. The van der Waals surface area contributed by atoms with Crippen molar-refractivity contribution < 1.29 is 10.0 Å². The summed E-state index contributed by atoms with van der Waals surface area (Å²) in [6.07, 6.45) is 5.34. The van der Waals surface area contributed by atoms with Crippen LogP contribution >= 0.6 is 0 Å². The molecule has 0 aromatic rings. The minimum Gasteiger partial charge on any atom is -0.289 e. The summed E-state index contributed by atoms with van der Waals surface area (Å²) in [7, 11) is 0. The summed E-state index contributed by atoms with van der Waals surface area (Å²) in [6.45, 7) is 4.10. The summed E-state index contributed by atoms with van der Waals surface area (Å²) in [5.41, 5.74) is 2.71. The Morgan fingerprint density at radius 3 is 2.58 bits per heavy atom. The van der Waals surface area contributed by atoms with Gasteiger partial charge in [-0.2, -0.15) is 0 Å². The topological polar surface area (TPSA) is 49.3 Å². The number of allylic oxidation sites excluding steroid dienone is 1. The highest BCUT2D eigenvalue weighted by Crippen LogP contribution is 2.08. The molecule has 0 spiro atoms. The van der Waals surface area contributed by atoms with Crippen LogP contribution < -0.4 is 5.48 Å². The fourth-order valence-electron chi connectivity index (χ4n) is 0.936. The van der Waals surface area contributed by atoms with E-state index in [1.807, 2.05) is 6.92 Å². The SMILES string of the molecule is CCC/C=C(\CC)CC(=O)NO. The molecule has 0 unspecified atom stereocenters. The molecule has 0 saturated carbocycles. The van der Waals surface area contributed by atoms with E-state index in [9.17, 15) is 4.79 Å². The van der Waals surface area contributed by atoms with E-state index < -0.39 is 0 Å². The third kappa shape index (κ3) is 4.91. The molecule has 0 aliphatic rings. The largest absolute Gasteiger partial charge is 0.289 e. The van der Waals surface area contributed by atoms with Gasteiger partial charge in [0.2, 0.25) is 5.91 Å². The Kier molecular flexibility index (Phi) is 6.38. The van der Waals surface area contributed by atoms with E-state index in [4.69, 9.17) is 5.21 Å². The van der Waals surface area contributed by atoms with Gasteiger partial charge in [0.25, 0.3) is 0 Å². The molecule has 0 rings (SSSR count). The van der Waals surface area contributed by atoms with E-state index in [0.29, 0.717) is 6.42 Å². The molecule has 12 heavy (non-hydrogen) atoms. The standard InChI is InChI=1S/C9H17NO2/c1-3-5-6-8(4-2)7-9(11)10-12/h6,12H,3-5,7H2,1-2H3,(H,10,11)/b8-6+. The van der Waals surface area contributed by atoms with Crippen molar-refractivity contribution in [1.29, 1.82) is 0 Å². The van der Waals surface area contributed by atoms with Crippen LogP contribution in [0.4, 0.5) is 0 Å². The number of hydrogen-bond acceptors (Lipinski definition) is 2. The molecule has 0 radical (unpaired) electrons. The van der Waals surface area contributed by atoms with Gasteiger partial charge >= 0.3 is 0 Å². The lowest BCUT2D eigenvalue weighted by molar-refractivity contribution is -0.128. The van der Waals surface area contributed by atoms with Crippen LogP contribution in [0.15, 0.2) is 11.6 Å². The van der Waals surface area contributed by atoms with Crippen molar-refractivity contribution in [3.05, 3.63) is 11.6 Å². The first kappa shape index (κ1) is 11.2. The van der Waals surface area contributed by atoms with Crippen molar-refractivity contribution in [2.24, 2.45) is 0 Å². The molecular weight excluding hydrogens is 154 g/mol. The second-order valence-electron chi connectivity index (χ2n) is 2.72. The summed E-state index contributed by atoms with van der Waals surface area (Å²) in [4.78, 5) is 10.7. The van der Waals surface area contributed by atoms with E-state index in [1.165, 1.54) is 0 Å². The molecule has 0 aliphatic heterocycles. The minimum atomic E-state index is -0.334. The number of nitrogens with one attached hydrogen (secondary N) is 1. The molecule has 3 heteroatoms. The van der Waals surface area contributed by atoms with Crippen LogP contribution in [0.1, 0.15) is 39.5 Å². The predicted molar refractivity (Wildman–Crippen MR) is 47.8 cm³/mol. The van der Waals surface area contributed by atoms with E-state index in [2.05, 4.69) is 13.0 Å². The maximum Gasteiger partial charge on any atom is 0.247 e. The summed E-state index contributed by atoms with van der Waals surface area (Å²) in [5, 5.41) is 8.28. The zero-order chi connectivity index (χ0) is 9.40. The number of hydroxylamine groups is 1. The number of hydrogen-bond donors (Lipinski definition) is 2. The van der Waals surface area contributed by atoms with Gasteiger partial charge in [0.1, 0.15) is 0 Å². The van der Waals surface area contributed by atoms with Gasteiger partial charge in [-0.3, -0.25) is 10.0 Å². The van der Waals surface area contributed by atoms with Crippen molar-refractivity contribution in [2.45, 2.75) is 39.5 Å². The molecule has 2 N–H and O–H groups in total. The lowest BCUT2D eigenvalue weighted by atomic mass is 10.1. The van der Waals surface area contributed by atoms with Crippen molar-refractivity contribution in [3.63, 3.8) is 0 Å². The first-order valence-corrected chi connectivity index (χ1v) is 4.35. The Morgan fingerprint density at radius 2 is 2.17 bits per heavy atom. The normalized spacial score (nSPS) is 11.4. The molecule has 1 amide bonds. The van der Waals surface area contributed by atoms with Crippen LogP contribution in [-0.2, 0) is 4.79 Å². The highest BCUT2D eigenvalue weighted by Gasteiger charge is 2.01. The van der Waals surface area contributed by atoms with E-state index >= 15 is 0 Å². The van der Waals surface area contributed by atoms with E-state index in [0.717, 1.165) is 24.8 Å². The van der Waals surface area contributed by atoms with Gasteiger partial charge in [0.05, 0.1) is 0 Å². The lowest BCUT2D eigenvalue weighted by Crippen LogP contribution is -2.18. The van der Waals surface area contributed by atoms with Gasteiger partial charge in [0.15, 0.2) is 0 Å². The average Bonchev–Trinajstić information content (AvgIpc) is 2.11. The van der Waals surface area contributed by atoms with E-state index in [1.54, 1.807) is 5.48 Å². The van der Waals surface area contributed by atoms with Crippen LogP contribution in [0.25, 0.3) is 0 Å². The molecule has 0 aliphatic carbocycles. The number of rotatable bonds is 5. The summed E-state index contributed by atoms with van der Waals surface area (Å²) >= 11 is 0. The summed E-state index contributed by atoms with van der Waals surface area (Å²) in [6, 6.07) is 0. The number of amides is 1. The molecule has 0 atom stereocenters. The van der Waals surface area contributed by atoms with Crippen molar-refractivity contribution in [2.75, 3.05) is 0 Å². The van der Waals surface area contributed by atoms with Gasteiger partial charge in [-0.15, -0.1) is 0 Å². The monoisotopic (exact) mass is 171 g/mol. The highest BCUT2D eigenvalue weighted by molar-refractivity contribution is 5.77. The molecule has 0 aromatic carbocycles. The zero-order valence-electron chi connectivity index (χ0n) is 7.76. The molecule has 0 aromatic heterocycles. The molecule has 0 saturated heterocycles. The van der Waals surface area contributed by atoms with E-state index in [-0.39, 0.29) is 5.91 Å². The van der Waals surface area contributed by atoms with Crippen LogP contribution in [0.2, 0.25) is 0 Å². The average molecular weight is 171 g/mol. The second kappa shape index (κ2) is 6.85. The Bertz CT molecular complexity index is 164. The van der Waals surface area contributed by atoms with Crippen molar-refractivity contribution in [3.8, 4) is 0 Å². The molecule has 0 heterocycles. The van der Waals surface area contributed by atoms with Crippen LogP contribution in [0.5, 0.6) is 0 Å². The minimum absolute atomic E-state index is 0.312. The fraction of sp³-hybridized carbons (Fsp3) is 0.667. The quantitative estimate of drug-likeness (QED) is 0.377. The molecule has 0 bridgehead atoms. The maximum absolute atomic E-state index is 10.7. The van der Waals surface area contributed by atoms with Gasteiger partial charge < -0.3 is 0 Å². The number of unbranched alkanes of at least 4 members (excludes halogenated alkanes) is 1. The summed E-state index contributed by atoms with van der Waals surface area (Å²) < 4.78 is 0.